The van der Waals surface area contributed by atoms with Crippen molar-refractivity contribution in [2.75, 3.05) is 18.4 Å². The Morgan fingerprint density at radius 3 is 3.10 bits per heavy atom. The average Bonchev–Trinajstić information content (AvgIpc) is 3.08. The Hall–Kier alpha value is -1.47. The zero-order chi connectivity index (χ0) is 14.8. The van der Waals surface area contributed by atoms with Gasteiger partial charge in [0.25, 0.3) is 0 Å². The van der Waals surface area contributed by atoms with Gasteiger partial charge in [-0.1, -0.05) is 0 Å². The predicted octanol–water partition coefficient (Wildman–Crippen LogP) is 1.50. The highest BCUT2D eigenvalue weighted by atomic mass is 32.1. The van der Waals surface area contributed by atoms with Crippen LogP contribution in [0.3, 0.4) is 0 Å². The number of thiazole rings is 1. The molecule has 2 aliphatic rings. The Bertz CT molecular complexity index is 520. The van der Waals surface area contributed by atoms with Gasteiger partial charge in [-0.05, 0) is 26.3 Å². The number of rotatable bonds is 3. The lowest BCUT2D eigenvalue weighted by Gasteiger charge is -2.34. The molecule has 0 bridgehead atoms. The normalized spacial score (nSPS) is 30.1. The fourth-order valence-corrected chi connectivity index (χ4v) is 3.56. The molecule has 1 aromatic heterocycles. The third-order valence-electron chi connectivity index (χ3n) is 4.07. The van der Waals surface area contributed by atoms with E-state index in [1.807, 2.05) is 12.3 Å². The van der Waals surface area contributed by atoms with Gasteiger partial charge in [0.2, 0.25) is 5.91 Å². The molecule has 0 saturated carbocycles. The number of carbonyl (C=O) groups is 2. The second kappa shape index (κ2) is 6.11. The van der Waals surface area contributed by atoms with Crippen LogP contribution in [0.15, 0.2) is 11.6 Å². The van der Waals surface area contributed by atoms with Crippen LogP contribution in [0.1, 0.15) is 26.2 Å². The van der Waals surface area contributed by atoms with Gasteiger partial charge in [-0.15, -0.1) is 11.3 Å². The molecule has 2 aliphatic heterocycles. The zero-order valence-corrected chi connectivity index (χ0v) is 12.8. The average molecular weight is 309 g/mol. The van der Waals surface area contributed by atoms with E-state index in [2.05, 4.69) is 15.2 Å². The third-order valence-corrected chi connectivity index (χ3v) is 4.76. The Morgan fingerprint density at radius 1 is 1.57 bits per heavy atom. The van der Waals surface area contributed by atoms with E-state index in [4.69, 9.17) is 4.74 Å². The van der Waals surface area contributed by atoms with Gasteiger partial charge >= 0.3 is 5.97 Å². The van der Waals surface area contributed by atoms with Crippen LogP contribution < -0.4 is 5.32 Å². The number of hydrogen-bond donors (Lipinski definition) is 1. The highest BCUT2D eigenvalue weighted by molar-refractivity contribution is 7.13. The minimum atomic E-state index is -0.185. The minimum absolute atomic E-state index is 0.00550. The van der Waals surface area contributed by atoms with E-state index in [0.717, 1.165) is 25.8 Å². The van der Waals surface area contributed by atoms with Crippen molar-refractivity contribution in [2.45, 2.75) is 38.3 Å². The summed E-state index contributed by atoms with van der Waals surface area (Å²) >= 11 is 1.41. The molecule has 0 radical (unpaired) electrons. The molecular weight excluding hydrogens is 290 g/mol. The molecule has 114 valence electrons. The van der Waals surface area contributed by atoms with Gasteiger partial charge in [0.1, 0.15) is 12.1 Å². The van der Waals surface area contributed by atoms with E-state index >= 15 is 0 Å². The Morgan fingerprint density at radius 2 is 2.43 bits per heavy atom. The van der Waals surface area contributed by atoms with E-state index in [1.165, 1.54) is 11.3 Å². The van der Waals surface area contributed by atoms with Crippen molar-refractivity contribution in [2.24, 2.45) is 5.92 Å². The van der Waals surface area contributed by atoms with E-state index in [1.54, 1.807) is 6.20 Å². The first-order chi connectivity index (χ1) is 10.1. The van der Waals surface area contributed by atoms with Crippen molar-refractivity contribution >= 4 is 28.3 Å². The van der Waals surface area contributed by atoms with Crippen LogP contribution in [-0.2, 0) is 14.3 Å². The monoisotopic (exact) mass is 309 g/mol. The molecule has 0 aromatic carbocycles. The number of anilines is 1. The van der Waals surface area contributed by atoms with Crippen molar-refractivity contribution in [1.82, 2.24) is 9.88 Å². The number of hydrogen-bond acceptors (Lipinski definition) is 6. The van der Waals surface area contributed by atoms with Crippen LogP contribution in [0.25, 0.3) is 0 Å². The van der Waals surface area contributed by atoms with Crippen LogP contribution in [-0.4, -0.2) is 47.0 Å². The van der Waals surface area contributed by atoms with Gasteiger partial charge in [-0.2, -0.15) is 0 Å². The number of nitrogens with one attached hydrogen (secondary N) is 1. The lowest BCUT2D eigenvalue weighted by Crippen LogP contribution is -2.47. The van der Waals surface area contributed by atoms with Crippen LogP contribution in [0.5, 0.6) is 0 Å². The molecule has 2 saturated heterocycles. The number of cyclic esters (lactones) is 1. The summed E-state index contributed by atoms with van der Waals surface area (Å²) in [4.78, 5) is 30.3. The summed E-state index contributed by atoms with van der Waals surface area (Å²) in [5.74, 6) is -0.246. The first-order valence-corrected chi connectivity index (χ1v) is 8.16. The molecule has 3 rings (SSSR count). The number of likely N-dealkylation sites (tertiary alicyclic amines) is 1. The predicted molar refractivity (Wildman–Crippen MR) is 79.0 cm³/mol. The Balaban J connectivity index is 1.60. The first-order valence-electron chi connectivity index (χ1n) is 7.28. The molecule has 6 nitrogen and oxygen atoms in total. The number of nitrogens with zero attached hydrogens (tertiary/aromatic N) is 2. The van der Waals surface area contributed by atoms with E-state index in [-0.39, 0.29) is 29.9 Å². The highest BCUT2D eigenvalue weighted by Gasteiger charge is 2.39. The molecule has 1 amide bonds. The lowest BCUT2D eigenvalue weighted by molar-refractivity contribution is -0.145. The maximum absolute atomic E-state index is 12.3. The zero-order valence-electron chi connectivity index (χ0n) is 11.9. The van der Waals surface area contributed by atoms with Crippen LogP contribution in [0.2, 0.25) is 0 Å². The molecule has 21 heavy (non-hydrogen) atoms. The van der Waals surface area contributed by atoms with Crippen molar-refractivity contribution in [1.29, 1.82) is 0 Å². The van der Waals surface area contributed by atoms with Crippen LogP contribution >= 0.6 is 11.3 Å². The minimum Gasteiger partial charge on any atom is -0.461 e. The molecule has 0 spiro atoms. The summed E-state index contributed by atoms with van der Waals surface area (Å²) in [5, 5.41) is 5.31. The molecule has 1 aromatic rings. The summed E-state index contributed by atoms with van der Waals surface area (Å²) in [7, 11) is 0. The number of carbonyl (C=O) groups excluding carboxylic acids is 2. The lowest BCUT2D eigenvalue weighted by atomic mass is 9.95. The van der Waals surface area contributed by atoms with Crippen molar-refractivity contribution < 1.29 is 14.3 Å². The largest absolute Gasteiger partial charge is 0.461 e. The van der Waals surface area contributed by atoms with Crippen LogP contribution in [0.4, 0.5) is 5.13 Å². The van der Waals surface area contributed by atoms with Gasteiger partial charge in [0, 0.05) is 24.5 Å². The number of amides is 1. The maximum Gasteiger partial charge on any atom is 0.323 e. The molecule has 3 atom stereocenters. The van der Waals surface area contributed by atoms with Gasteiger partial charge in [0.05, 0.1) is 5.92 Å². The van der Waals surface area contributed by atoms with E-state index < -0.39 is 0 Å². The Labute approximate surface area is 127 Å². The van der Waals surface area contributed by atoms with Gasteiger partial charge in [-0.25, -0.2) is 4.98 Å². The standard InChI is InChI=1S/C14H19N3O3S/c1-9-7-11(13(19)20-9)17-5-2-3-10(8-17)12(18)16-14-15-4-6-21-14/h4,6,9-11H,2-3,5,7-8H2,1H3,(H,15,16,18)/t9-,10+,11+/m1/s1. The smallest absolute Gasteiger partial charge is 0.323 e. The molecule has 1 N–H and O–H groups in total. The topological polar surface area (TPSA) is 71.5 Å². The van der Waals surface area contributed by atoms with Crippen molar-refractivity contribution in [3.63, 3.8) is 0 Å². The number of ether oxygens (including phenoxy) is 1. The SMILES string of the molecule is C[C@@H]1C[C@H](N2CCC[C@H](C(=O)Nc3nccs3)C2)C(=O)O1. The summed E-state index contributed by atoms with van der Waals surface area (Å²) < 4.78 is 5.22. The van der Waals surface area contributed by atoms with Gasteiger partial charge in [0.15, 0.2) is 5.13 Å². The fraction of sp³-hybridized carbons (Fsp3) is 0.643. The summed E-state index contributed by atoms with van der Waals surface area (Å²) in [6.07, 6.45) is 4.15. The van der Waals surface area contributed by atoms with Crippen molar-refractivity contribution in [3.05, 3.63) is 11.6 Å². The fourth-order valence-electron chi connectivity index (χ4n) is 3.03. The number of piperidine rings is 1. The first kappa shape index (κ1) is 14.5. The van der Waals surface area contributed by atoms with Gasteiger partial charge < -0.3 is 10.1 Å². The summed E-state index contributed by atoms with van der Waals surface area (Å²) in [6.45, 7) is 3.38. The van der Waals surface area contributed by atoms with Crippen LogP contribution in [0, 0.1) is 5.92 Å². The van der Waals surface area contributed by atoms with Crippen molar-refractivity contribution in [3.8, 4) is 0 Å². The molecule has 0 aliphatic carbocycles. The Kier molecular flexibility index (Phi) is 4.21. The molecule has 2 fully saturated rings. The summed E-state index contributed by atoms with van der Waals surface area (Å²) in [5.41, 5.74) is 0. The highest BCUT2D eigenvalue weighted by Crippen LogP contribution is 2.26. The molecular formula is C14H19N3O3S. The third kappa shape index (κ3) is 3.24. The molecule has 0 unspecified atom stereocenters. The second-order valence-corrected chi connectivity index (χ2v) is 6.55. The number of esters is 1. The molecule has 7 heteroatoms. The molecule has 3 heterocycles. The van der Waals surface area contributed by atoms with E-state index in [0.29, 0.717) is 11.7 Å². The summed E-state index contributed by atoms with van der Waals surface area (Å²) in [6, 6.07) is -0.185. The van der Waals surface area contributed by atoms with E-state index in [9.17, 15) is 9.59 Å². The quantitative estimate of drug-likeness (QED) is 0.857. The maximum atomic E-state index is 12.3. The number of aromatic nitrogens is 1. The van der Waals surface area contributed by atoms with Gasteiger partial charge in [-0.3, -0.25) is 14.5 Å². The second-order valence-electron chi connectivity index (χ2n) is 5.66.